The Balaban J connectivity index is 1.45. The summed E-state index contributed by atoms with van der Waals surface area (Å²) in [4.78, 5) is 30.7. The standard InChI is InChI=1S/C23H28N4O2/c1-16-7-6-10-20(17(16)2)26-13-11-25(12-14-26)18(3)23(29)27-15-22(28)24-19-8-4-5-9-21(19)27/h4-10,18H,11-15H2,1-3H3,(H,24,28)/p+1/t18-/m0/s1. The van der Waals surface area contributed by atoms with Crippen LogP contribution in [0.2, 0.25) is 0 Å². The molecule has 0 unspecified atom stereocenters. The second kappa shape index (κ2) is 7.87. The van der Waals surface area contributed by atoms with Gasteiger partial charge in [0.05, 0.1) is 37.6 Å². The van der Waals surface area contributed by atoms with Gasteiger partial charge in [0.15, 0.2) is 6.04 Å². The molecule has 2 aliphatic rings. The molecule has 6 heteroatoms. The maximum atomic E-state index is 13.3. The van der Waals surface area contributed by atoms with Crippen molar-refractivity contribution >= 4 is 28.9 Å². The van der Waals surface area contributed by atoms with Crippen LogP contribution < -0.4 is 20.0 Å². The van der Waals surface area contributed by atoms with E-state index in [0.29, 0.717) is 5.69 Å². The molecule has 0 spiro atoms. The zero-order valence-corrected chi connectivity index (χ0v) is 17.4. The number of quaternary nitrogens is 1. The number of amides is 2. The van der Waals surface area contributed by atoms with E-state index in [0.717, 1.165) is 31.9 Å². The van der Waals surface area contributed by atoms with E-state index in [4.69, 9.17) is 0 Å². The Morgan fingerprint density at radius 2 is 1.72 bits per heavy atom. The van der Waals surface area contributed by atoms with Gasteiger partial charge in [-0.15, -0.1) is 0 Å². The fourth-order valence-electron chi connectivity index (χ4n) is 4.38. The average Bonchev–Trinajstić information content (AvgIpc) is 2.74. The fraction of sp³-hybridized carbons (Fsp3) is 0.391. The van der Waals surface area contributed by atoms with E-state index in [9.17, 15) is 9.59 Å². The Morgan fingerprint density at radius 3 is 2.48 bits per heavy atom. The van der Waals surface area contributed by atoms with Crippen LogP contribution in [0.5, 0.6) is 0 Å². The molecule has 4 rings (SSSR count). The number of carbonyl (C=O) groups excluding carboxylic acids is 2. The first-order valence-corrected chi connectivity index (χ1v) is 10.3. The number of piperazine rings is 1. The highest BCUT2D eigenvalue weighted by atomic mass is 16.2. The minimum absolute atomic E-state index is 0.0162. The lowest BCUT2D eigenvalue weighted by Crippen LogP contribution is -3.19. The van der Waals surface area contributed by atoms with E-state index in [1.165, 1.54) is 21.7 Å². The van der Waals surface area contributed by atoms with Gasteiger partial charge in [0.1, 0.15) is 6.54 Å². The number of anilines is 3. The van der Waals surface area contributed by atoms with Gasteiger partial charge in [0, 0.05) is 5.69 Å². The summed E-state index contributed by atoms with van der Waals surface area (Å²) in [6.07, 6.45) is 0. The van der Waals surface area contributed by atoms with Crippen LogP contribution in [0.3, 0.4) is 0 Å². The lowest BCUT2D eigenvalue weighted by Gasteiger charge is -2.38. The molecule has 0 aliphatic carbocycles. The molecule has 2 aromatic rings. The number of rotatable bonds is 3. The molecule has 29 heavy (non-hydrogen) atoms. The average molecular weight is 394 g/mol. The zero-order chi connectivity index (χ0) is 20.5. The molecule has 2 N–H and O–H groups in total. The summed E-state index contributed by atoms with van der Waals surface area (Å²) in [5.74, 6) is -0.124. The van der Waals surface area contributed by atoms with E-state index < -0.39 is 0 Å². The molecule has 2 aromatic carbocycles. The summed E-state index contributed by atoms with van der Waals surface area (Å²) in [5.41, 5.74) is 5.43. The lowest BCUT2D eigenvalue weighted by molar-refractivity contribution is -0.914. The van der Waals surface area contributed by atoms with Crippen LogP contribution in [0, 0.1) is 13.8 Å². The van der Waals surface area contributed by atoms with Gasteiger partial charge in [-0.1, -0.05) is 24.3 Å². The van der Waals surface area contributed by atoms with Gasteiger partial charge in [-0.2, -0.15) is 0 Å². The van der Waals surface area contributed by atoms with Crippen molar-refractivity contribution in [3.63, 3.8) is 0 Å². The molecule has 1 fully saturated rings. The molecular weight excluding hydrogens is 364 g/mol. The second-order valence-corrected chi connectivity index (χ2v) is 8.08. The molecule has 6 nitrogen and oxygen atoms in total. The van der Waals surface area contributed by atoms with Crippen molar-refractivity contribution in [3.8, 4) is 0 Å². The van der Waals surface area contributed by atoms with Gasteiger partial charge < -0.3 is 15.1 Å². The molecule has 2 amide bonds. The molecule has 2 heterocycles. The third-order valence-corrected chi connectivity index (χ3v) is 6.34. The molecule has 152 valence electrons. The smallest absolute Gasteiger partial charge is 0.285 e. The quantitative estimate of drug-likeness (QED) is 0.829. The summed E-state index contributed by atoms with van der Waals surface area (Å²) in [6, 6.07) is 13.8. The van der Waals surface area contributed by atoms with Crippen LogP contribution >= 0.6 is 0 Å². The van der Waals surface area contributed by atoms with Gasteiger partial charge in [-0.05, 0) is 50.1 Å². The summed E-state index contributed by atoms with van der Waals surface area (Å²) in [7, 11) is 0. The Kier molecular flexibility index (Phi) is 5.28. The topological polar surface area (TPSA) is 57.1 Å². The normalized spacial score (nSPS) is 18.2. The maximum absolute atomic E-state index is 13.3. The Labute approximate surface area is 172 Å². The minimum Gasteiger partial charge on any atom is -0.360 e. The number of nitrogens with one attached hydrogen (secondary N) is 2. The molecule has 1 saturated heterocycles. The van der Waals surface area contributed by atoms with Crippen LogP contribution in [0.1, 0.15) is 18.1 Å². The predicted molar refractivity (Wildman–Crippen MR) is 116 cm³/mol. The minimum atomic E-state index is -0.185. The van der Waals surface area contributed by atoms with Crippen LogP contribution in [-0.4, -0.2) is 50.6 Å². The highest BCUT2D eigenvalue weighted by Crippen LogP contribution is 2.29. The van der Waals surface area contributed by atoms with Crippen molar-refractivity contribution in [2.45, 2.75) is 26.8 Å². The molecule has 0 bridgehead atoms. The monoisotopic (exact) mass is 393 g/mol. The second-order valence-electron chi connectivity index (χ2n) is 8.08. The Bertz CT molecular complexity index is 934. The number of benzene rings is 2. The van der Waals surface area contributed by atoms with Crippen LogP contribution in [-0.2, 0) is 9.59 Å². The van der Waals surface area contributed by atoms with Crippen LogP contribution in [0.4, 0.5) is 17.1 Å². The van der Waals surface area contributed by atoms with Gasteiger partial charge >= 0.3 is 0 Å². The molecule has 1 atom stereocenters. The van der Waals surface area contributed by atoms with Gasteiger partial charge in [-0.25, -0.2) is 0 Å². The van der Waals surface area contributed by atoms with Crippen molar-refractivity contribution in [2.24, 2.45) is 0 Å². The fourth-order valence-corrected chi connectivity index (χ4v) is 4.38. The predicted octanol–water partition coefficient (Wildman–Crippen LogP) is 1.38. The number of hydrogen-bond acceptors (Lipinski definition) is 3. The van der Waals surface area contributed by atoms with Crippen molar-refractivity contribution in [2.75, 3.05) is 47.8 Å². The number of nitrogens with zero attached hydrogens (tertiary/aromatic N) is 2. The van der Waals surface area contributed by atoms with E-state index in [1.807, 2.05) is 31.2 Å². The largest absolute Gasteiger partial charge is 0.360 e. The van der Waals surface area contributed by atoms with Crippen molar-refractivity contribution in [1.29, 1.82) is 0 Å². The van der Waals surface area contributed by atoms with E-state index in [2.05, 4.69) is 42.3 Å². The molecule has 2 aliphatic heterocycles. The maximum Gasteiger partial charge on any atom is 0.285 e. The first kappa shape index (κ1) is 19.5. The molecular formula is C23H29N4O2+. The third kappa shape index (κ3) is 3.72. The first-order chi connectivity index (χ1) is 14.0. The van der Waals surface area contributed by atoms with Crippen LogP contribution in [0.25, 0.3) is 0 Å². The molecule has 0 saturated carbocycles. The lowest BCUT2D eigenvalue weighted by atomic mass is 10.1. The van der Waals surface area contributed by atoms with E-state index >= 15 is 0 Å². The number of aryl methyl sites for hydroxylation is 1. The number of hydrogen-bond donors (Lipinski definition) is 2. The summed E-state index contributed by atoms with van der Waals surface area (Å²) >= 11 is 0. The third-order valence-electron chi connectivity index (χ3n) is 6.34. The summed E-state index contributed by atoms with van der Waals surface area (Å²) in [5, 5.41) is 2.85. The van der Waals surface area contributed by atoms with E-state index in [1.54, 1.807) is 4.90 Å². The zero-order valence-electron chi connectivity index (χ0n) is 17.4. The van der Waals surface area contributed by atoms with Gasteiger partial charge in [0.2, 0.25) is 5.91 Å². The van der Waals surface area contributed by atoms with Crippen molar-refractivity contribution in [1.82, 2.24) is 0 Å². The highest BCUT2D eigenvalue weighted by Gasteiger charge is 2.36. The van der Waals surface area contributed by atoms with Gasteiger partial charge in [-0.3, -0.25) is 14.5 Å². The highest BCUT2D eigenvalue weighted by molar-refractivity contribution is 6.10. The van der Waals surface area contributed by atoms with E-state index in [-0.39, 0.29) is 24.4 Å². The van der Waals surface area contributed by atoms with Crippen LogP contribution in [0.15, 0.2) is 42.5 Å². The van der Waals surface area contributed by atoms with Gasteiger partial charge in [0.25, 0.3) is 5.91 Å². The molecule has 0 radical (unpaired) electrons. The molecule has 0 aromatic heterocycles. The Hall–Kier alpha value is -2.86. The Morgan fingerprint density at radius 1 is 1.03 bits per heavy atom. The summed E-state index contributed by atoms with van der Waals surface area (Å²) < 4.78 is 0. The van der Waals surface area contributed by atoms with Crippen molar-refractivity contribution < 1.29 is 14.5 Å². The number of para-hydroxylation sites is 2. The SMILES string of the molecule is Cc1cccc(N2CC[NH+]([C@@H](C)C(=O)N3CC(=O)Nc4ccccc43)CC2)c1C. The summed E-state index contributed by atoms with van der Waals surface area (Å²) in [6.45, 7) is 10.1. The first-order valence-electron chi connectivity index (χ1n) is 10.3. The van der Waals surface area contributed by atoms with Crippen molar-refractivity contribution in [3.05, 3.63) is 53.6 Å². The number of fused-ring (bicyclic) bond motifs is 1. The number of carbonyl (C=O) groups is 2.